The van der Waals surface area contributed by atoms with Gasteiger partial charge in [0.1, 0.15) is 0 Å². The molecule has 0 aliphatic carbocycles. The van der Waals surface area contributed by atoms with Gasteiger partial charge >= 0.3 is 0 Å². The van der Waals surface area contributed by atoms with E-state index in [1.54, 1.807) is 7.11 Å². The van der Waals surface area contributed by atoms with Crippen molar-refractivity contribution in [1.82, 2.24) is 0 Å². The first-order chi connectivity index (χ1) is 5.79. The van der Waals surface area contributed by atoms with Crippen LogP contribution in [0.3, 0.4) is 0 Å². The van der Waals surface area contributed by atoms with E-state index < -0.39 is 0 Å². The summed E-state index contributed by atoms with van der Waals surface area (Å²) >= 11 is 0. The lowest BCUT2D eigenvalue weighted by Crippen LogP contribution is -2.23. The van der Waals surface area contributed by atoms with Crippen molar-refractivity contribution in [1.29, 1.82) is 0 Å². The largest absolute Gasteiger partial charge is 0.375 e. The van der Waals surface area contributed by atoms with E-state index in [4.69, 9.17) is 10.5 Å². The Labute approximate surface area is 75.1 Å². The van der Waals surface area contributed by atoms with Gasteiger partial charge in [-0.2, -0.15) is 0 Å². The quantitative estimate of drug-likeness (QED) is 0.638. The molecule has 1 unspecified atom stereocenters. The molecule has 12 heavy (non-hydrogen) atoms. The van der Waals surface area contributed by atoms with Gasteiger partial charge in [-0.15, -0.1) is 0 Å². The number of nitrogens with two attached hydrogens (primary N) is 1. The van der Waals surface area contributed by atoms with Crippen LogP contribution in [0.4, 0.5) is 0 Å². The Bertz CT molecular complexity index is 157. The van der Waals surface area contributed by atoms with Gasteiger partial charge in [-0.1, -0.05) is 25.2 Å². The van der Waals surface area contributed by atoms with Crippen molar-refractivity contribution < 1.29 is 4.74 Å². The van der Waals surface area contributed by atoms with E-state index in [2.05, 4.69) is 19.1 Å². The van der Waals surface area contributed by atoms with E-state index in [-0.39, 0.29) is 6.10 Å². The second-order valence-electron chi connectivity index (χ2n) is 2.56. The van der Waals surface area contributed by atoms with Crippen LogP contribution in [-0.2, 0) is 4.74 Å². The molecule has 0 radical (unpaired) electrons. The highest BCUT2D eigenvalue weighted by Gasteiger charge is 2.06. The van der Waals surface area contributed by atoms with Gasteiger partial charge in [-0.25, -0.2) is 0 Å². The van der Waals surface area contributed by atoms with Crippen molar-refractivity contribution in [2.75, 3.05) is 13.7 Å². The molecule has 0 aromatic rings. The Morgan fingerprint density at radius 1 is 1.58 bits per heavy atom. The number of ether oxygens (including phenoxy) is 1. The molecular formula is C10H19NO. The van der Waals surface area contributed by atoms with Crippen LogP contribution in [0.25, 0.3) is 0 Å². The monoisotopic (exact) mass is 169 g/mol. The number of allylic oxidation sites excluding steroid dienone is 2. The maximum Gasteiger partial charge on any atom is 0.0939 e. The molecule has 0 saturated heterocycles. The standard InChI is InChI=1S/C10H19NO/c1-4-6-7-9(5-2)10(8-11)12-3/h5-7,10H,4,8,11H2,1-3H3/b7-6-,9-5+. The topological polar surface area (TPSA) is 35.2 Å². The van der Waals surface area contributed by atoms with E-state index in [0.717, 1.165) is 12.0 Å². The smallest absolute Gasteiger partial charge is 0.0939 e. The summed E-state index contributed by atoms with van der Waals surface area (Å²) in [4.78, 5) is 0. The summed E-state index contributed by atoms with van der Waals surface area (Å²) in [6, 6.07) is 0. The molecular weight excluding hydrogens is 150 g/mol. The van der Waals surface area contributed by atoms with Gasteiger partial charge in [-0.3, -0.25) is 0 Å². The van der Waals surface area contributed by atoms with Crippen molar-refractivity contribution in [2.24, 2.45) is 5.73 Å². The molecule has 0 aliphatic heterocycles. The average Bonchev–Trinajstić information content (AvgIpc) is 2.12. The summed E-state index contributed by atoms with van der Waals surface area (Å²) in [6.07, 6.45) is 7.29. The molecule has 0 aliphatic rings. The number of methoxy groups -OCH3 is 1. The maximum atomic E-state index is 5.53. The van der Waals surface area contributed by atoms with Crippen LogP contribution in [0.1, 0.15) is 20.3 Å². The normalized spacial score (nSPS) is 15.5. The number of hydrogen-bond acceptors (Lipinski definition) is 2. The van der Waals surface area contributed by atoms with Gasteiger partial charge in [0.2, 0.25) is 0 Å². The second-order valence-corrected chi connectivity index (χ2v) is 2.56. The van der Waals surface area contributed by atoms with Gasteiger partial charge in [-0.05, 0) is 18.9 Å². The third-order valence-electron chi connectivity index (χ3n) is 1.75. The molecule has 0 amide bonds. The zero-order valence-electron chi connectivity index (χ0n) is 8.21. The summed E-state index contributed by atoms with van der Waals surface area (Å²) in [6.45, 7) is 4.63. The molecule has 0 aromatic carbocycles. The lowest BCUT2D eigenvalue weighted by atomic mass is 10.1. The summed E-state index contributed by atoms with van der Waals surface area (Å²) in [5.41, 5.74) is 6.69. The fourth-order valence-electron chi connectivity index (χ4n) is 1.01. The summed E-state index contributed by atoms with van der Waals surface area (Å²) in [7, 11) is 1.68. The molecule has 0 bridgehead atoms. The van der Waals surface area contributed by atoms with Crippen LogP contribution in [0.5, 0.6) is 0 Å². The fraction of sp³-hybridized carbons (Fsp3) is 0.600. The molecule has 0 aromatic heterocycles. The third kappa shape index (κ3) is 3.69. The SMILES string of the molecule is C/C=C(\C=C/CC)C(CN)OC. The van der Waals surface area contributed by atoms with Crippen molar-refractivity contribution >= 4 is 0 Å². The van der Waals surface area contributed by atoms with Gasteiger partial charge in [0.05, 0.1) is 6.10 Å². The Hall–Kier alpha value is -0.600. The highest BCUT2D eigenvalue weighted by atomic mass is 16.5. The number of rotatable bonds is 5. The van der Waals surface area contributed by atoms with Crippen molar-refractivity contribution in [3.8, 4) is 0 Å². The highest BCUT2D eigenvalue weighted by molar-refractivity contribution is 5.22. The Kier molecular flexibility index (Phi) is 6.72. The highest BCUT2D eigenvalue weighted by Crippen LogP contribution is 2.06. The molecule has 0 heterocycles. The first kappa shape index (κ1) is 11.4. The zero-order chi connectivity index (χ0) is 9.40. The Balaban J connectivity index is 4.23. The van der Waals surface area contributed by atoms with Gasteiger partial charge in [0, 0.05) is 13.7 Å². The second kappa shape index (κ2) is 7.07. The molecule has 2 nitrogen and oxygen atoms in total. The minimum atomic E-state index is 0.0396. The Morgan fingerprint density at radius 3 is 2.58 bits per heavy atom. The van der Waals surface area contributed by atoms with E-state index >= 15 is 0 Å². The lowest BCUT2D eigenvalue weighted by Gasteiger charge is -2.13. The van der Waals surface area contributed by atoms with Crippen molar-refractivity contribution in [3.63, 3.8) is 0 Å². The van der Waals surface area contributed by atoms with Crippen molar-refractivity contribution in [2.45, 2.75) is 26.4 Å². The van der Waals surface area contributed by atoms with Crippen LogP contribution < -0.4 is 5.73 Å². The first-order valence-corrected chi connectivity index (χ1v) is 4.35. The molecule has 0 rings (SSSR count). The van der Waals surface area contributed by atoms with E-state index in [1.807, 2.05) is 13.0 Å². The molecule has 2 N–H and O–H groups in total. The predicted molar refractivity (Wildman–Crippen MR) is 53.0 cm³/mol. The summed E-state index contributed by atoms with van der Waals surface area (Å²) in [5, 5.41) is 0. The minimum absolute atomic E-state index is 0.0396. The molecule has 1 atom stereocenters. The van der Waals surface area contributed by atoms with Crippen LogP contribution in [0.15, 0.2) is 23.8 Å². The van der Waals surface area contributed by atoms with Gasteiger partial charge in [0.15, 0.2) is 0 Å². The molecule has 0 saturated carbocycles. The van der Waals surface area contributed by atoms with Crippen LogP contribution in [-0.4, -0.2) is 19.8 Å². The average molecular weight is 169 g/mol. The van der Waals surface area contributed by atoms with E-state index in [9.17, 15) is 0 Å². The molecule has 0 fully saturated rings. The molecule has 0 spiro atoms. The first-order valence-electron chi connectivity index (χ1n) is 4.35. The minimum Gasteiger partial charge on any atom is -0.375 e. The summed E-state index contributed by atoms with van der Waals surface area (Å²) < 4.78 is 5.21. The van der Waals surface area contributed by atoms with Gasteiger partial charge in [0.25, 0.3) is 0 Å². The molecule has 70 valence electrons. The zero-order valence-corrected chi connectivity index (χ0v) is 8.21. The third-order valence-corrected chi connectivity index (χ3v) is 1.75. The Morgan fingerprint density at radius 2 is 2.25 bits per heavy atom. The van der Waals surface area contributed by atoms with Crippen LogP contribution in [0.2, 0.25) is 0 Å². The van der Waals surface area contributed by atoms with Crippen LogP contribution in [0, 0.1) is 0 Å². The molecule has 2 heteroatoms. The van der Waals surface area contributed by atoms with E-state index in [1.165, 1.54) is 0 Å². The van der Waals surface area contributed by atoms with Crippen LogP contribution >= 0.6 is 0 Å². The predicted octanol–water partition coefficient (Wildman–Crippen LogP) is 1.87. The summed E-state index contributed by atoms with van der Waals surface area (Å²) in [5.74, 6) is 0. The van der Waals surface area contributed by atoms with E-state index in [0.29, 0.717) is 6.54 Å². The fourth-order valence-corrected chi connectivity index (χ4v) is 1.01. The number of hydrogen-bond donors (Lipinski definition) is 1. The van der Waals surface area contributed by atoms with Gasteiger partial charge < -0.3 is 10.5 Å². The van der Waals surface area contributed by atoms with Crippen molar-refractivity contribution in [3.05, 3.63) is 23.8 Å². The lowest BCUT2D eigenvalue weighted by molar-refractivity contribution is 0.141. The maximum absolute atomic E-state index is 5.53.